The number of anilines is 4. The highest BCUT2D eigenvalue weighted by Gasteiger charge is 2.23. The van der Waals surface area contributed by atoms with Crippen molar-refractivity contribution in [3.8, 4) is 22.3 Å². The minimum absolute atomic E-state index is 0.0252. The minimum Gasteiger partial charge on any atom is -0.456 e. The van der Waals surface area contributed by atoms with Crippen LogP contribution in [0.15, 0.2) is 132 Å². The van der Waals surface area contributed by atoms with E-state index in [0.717, 1.165) is 64.0 Å². The Labute approximate surface area is 303 Å². The molecule has 3 nitrogen and oxygen atoms in total. The average molecular weight is 671 g/mol. The van der Waals surface area contributed by atoms with Gasteiger partial charge in [-0.1, -0.05) is 140 Å². The van der Waals surface area contributed by atoms with Gasteiger partial charge in [0.2, 0.25) is 0 Å². The van der Waals surface area contributed by atoms with Gasteiger partial charge in [0.1, 0.15) is 11.2 Å². The van der Waals surface area contributed by atoms with Crippen LogP contribution in [-0.4, -0.2) is 0 Å². The molecular formula is C48H50N2O. The summed E-state index contributed by atoms with van der Waals surface area (Å²) in [4.78, 5) is 0. The average Bonchev–Trinajstić information content (AvgIpc) is 3.50. The first-order valence-corrected chi connectivity index (χ1v) is 18.4. The Bertz CT molecular complexity index is 2240. The Morgan fingerprint density at radius 1 is 0.529 bits per heavy atom. The van der Waals surface area contributed by atoms with Crippen LogP contribution in [0.1, 0.15) is 78.0 Å². The molecule has 0 spiro atoms. The molecule has 0 fully saturated rings. The molecule has 7 aromatic rings. The number of unbranched alkanes of at least 4 members (excludes halogenated alkanes) is 1. The molecule has 0 aliphatic rings. The predicted molar refractivity (Wildman–Crippen MR) is 220 cm³/mol. The van der Waals surface area contributed by atoms with Crippen molar-refractivity contribution in [1.82, 2.24) is 0 Å². The van der Waals surface area contributed by atoms with Crippen molar-refractivity contribution >= 4 is 44.7 Å². The van der Waals surface area contributed by atoms with Gasteiger partial charge in [0.05, 0.1) is 16.8 Å². The first-order chi connectivity index (χ1) is 24.5. The molecule has 0 amide bonds. The van der Waals surface area contributed by atoms with Crippen LogP contribution in [0.4, 0.5) is 22.7 Å². The maximum absolute atomic E-state index is 6.36. The van der Waals surface area contributed by atoms with E-state index in [1.165, 1.54) is 38.9 Å². The normalized spacial score (nSPS) is 12.1. The third kappa shape index (κ3) is 7.17. The molecule has 0 aliphatic carbocycles. The van der Waals surface area contributed by atoms with E-state index in [2.05, 4.69) is 180 Å². The second kappa shape index (κ2) is 13.8. The fourth-order valence-electron chi connectivity index (χ4n) is 6.97. The lowest BCUT2D eigenvalue weighted by molar-refractivity contribution is 0.590. The van der Waals surface area contributed by atoms with Gasteiger partial charge in [-0.15, -0.1) is 0 Å². The molecule has 0 atom stereocenters. The summed E-state index contributed by atoms with van der Waals surface area (Å²) >= 11 is 0. The highest BCUT2D eigenvalue weighted by Crippen LogP contribution is 2.44. The summed E-state index contributed by atoms with van der Waals surface area (Å²) in [6, 6.07) is 46.0. The van der Waals surface area contributed by atoms with Crippen LogP contribution in [0.5, 0.6) is 0 Å². The molecule has 6 aromatic carbocycles. The molecule has 0 saturated carbocycles. The van der Waals surface area contributed by atoms with E-state index < -0.39 is 0 Å². The number of benzene rings is 6. The molecular weight excluding hydrogens is 621 g/mol. The van der Waals surface area contributed by atoms with Gasteiger partial charge in [-0.25, -0.2) is 0 Å². The topological polar surface area (TPSA) is 37.2 Å². The van der Waals surface area contributed by atoms with E-state index in [-0.39, 0.29) is 10.8 Å². The number of nitrogens with one attached hydrogen (secondary N) is 2. The summed E-state index contributed by atoms with van der Waals surface area (Å²) in [5.41, 5.74) is 14.7. The molecule has 7 rings (SSSR count). The highest BCUT2D eigenvalue weighted by molar-refractivity contribution is 6.13. The maximum Gasteiger partial charge on any atom is 0.137 e. The maximum atomic E-state index is 6.36. The third-order valence-corrected chi connectivity index (χ3v) is 9.94. The minimum atomic E-state index is -0.0753. The summed E-state index contributed by atoms with van der Waals surface area (Å²) in [7, 11) is 0. The van der Waals surface area contributed by atoms with Crippen molar-refractivity contribution in [2.45, 2.75) is 78.6 Å². The number of para-hydroxylation sites is 1. The number of aryl methyl sites for hydroxylation is 1. The first-order valence-electron chi connectivity index (χ1n) is 18.4. The monoisotopic (exact) mass is 670 g/mol. The number of furan rings is 1. The van der Waals surface area contributed by atoms with Gasteiger partial charge in [-0.05, 0) is 94.0 Å². The van der Waals surface area contributed by atoms with E-state index in [1.54, 1.807) is 0 Å². The molecule has 0 saturated heterocycles. The van der Waals surface area contributed by atoms with Crippen molar-refractivity contribution in [3.63, 3.8) is 0 Å². The molecule has 0 aliphatic heterocycles. The van der Waals surface area contributed by atoms with Gasteiger partial charge in [0.25, 0.3) is 0 Å². The fraction of sp³-hybridized carbons (Fsp3) is 0.250. The summed E-state index contributed by atoms with van der Waals surface area (Å²) in [6.45, 7) is 16.0. The van der Waals surface area contributed by atoms with Gasteiger partial charge in [-0.3, -0.25) is 0 Å². The first kappa shape index (κ1) is 34.2. The zero-order chi connectivity index (χ0) is 35.8. The predicted octanol–water partition coefficient (Wildman–Crippen LogP) is 14.3. The van der Waals surface area contributed by atoms with Crippen LogP contribution in [0.2, 0.25) is 0 Å². The fourth-order valence-corrected chi connectivity index (χ4v) is 6.97. The van der Waals surface area contributed by atoms with E-state index in [4.69, 9.17) is 4.42 Å². The van der Waals surface area contributed by atoms with Gasteiger partial charge in [0, 0.05) is 27.9 Å². The van der Waals surface area contributed by atoms with Gasteiger partial charge >= 0.3 is 0 Å². The Morgan fingerprint density at radius 2 is 1.06 bits per heavy atom. The third-order valence-electron chi connectivity index (χ3n) is 9.94. The van der Waals surface area contributed by atoms with Crippen LogP contribution >= 0.6 is 0 Å². The Morgan fingerprint density at radius 3 is 1.63 bits per heavy atom. The molecule has 3 heteroatoms. The van der Waals surface area contributed by atoms with E-state index in [1.807, 2.05) is 6.07 Å². The molecule has 1 aromatic heterocycles. The number of hydrogen-bond acceptors (Lipinski definition) is 3. The SMILES string of the molecule is CCCCc1ccc2oc3ccccc3c2c1Nc1cc(Nc2c(-c3ccccc3)cc(C(C)(C)C)cc2-c2ccccc2)cc(C(C)(C)C)c1. The number of rotatable bonds is 9. The molecule has 2 N–H and O–H groups in total. The molecule has 0 bridgehead atoms. The van der Waals surface area contributed by atoms with Crippen molar-refractivity contribution in [2.24, 2.45) is 0 Å². The Hall–Kier alpha value is -5.28. The van der Waals surface area contributed by atoms with Crippen LogP contribution in [-0.2, 0) is 17.3 Å². The van der Waals surface area contributed by atoms with E-state index in [0.29, 0.717) is 0 Å². The lowest BCUT2D eigenvalue weighted by Gasteiger charge is -2.26. The second-order valence-electron chi connectivity index (χ2n) is 15.9. The summed E-state index contributed by atoms with van der Waals surface area (Å²) < 4.78 is 6.36. The zero-order valence-corrected chi connectivity index (χ0v) is 31.2. The van der Waals surface area contributed by atoms with Crippen molar-refractivity contribution in [3.05, 3.63) is 144 Å². The Kier molecular flexibility index (Phi) is 9.25. The van der Waals surface area contributed by atoms with Crippen LogP contribution in [0, 0.1) is 0 Å². The van der Waals surface area contributed by atoms with Crippen LogP contribution < -0.4 is 10.6 Å². The van der Waals surface area contributed by atoms with Gasteiger partial charge < -0.3 is 15.1 Å². The van der Waals surface area contributed by atoms with Crippen molar-refractivity contribution < 1.29 is 4.42 Å². The summed E-state index contributed by atoms with van der Waals surface area (Å²) in [6.07, 6.45) is 3.26. The van der Waals surface area contributed by atoms with Gasteiger partial charge in [-0.2, -0.15) is 0 Å². The zero-order valence-electron chi connectivity index (χ0n) is 31.2. The second-order valence-corrected chi connectivity index (χ2v) is 15.9. The van der Waals surface area contributed by atoms with Crippen molar-refractivity contribution in [1.29, 1.82) is 0 Å². The smallest absolute Gasteiger partial charge is 0.137 e. The molecule has 1 heterocycles. The Balaban J connectivity index is 1.42. The molecule has 0 unspecified atom stereocenters. The highest BCUT2D eigenvalue weighted by atomic mass is 16.3. The number of hydrogen-bond donors (Lipinski definition) is 2. The standard InChI is InChI=1S/C48H50N2O/c1-8-9-18-34-25-26-43-44(39-23-16-17-24-42(39)51-43)45(34)49-37-27-35(47(2,3)4)28-38(31-37)50-46-40(32-19-12-10-13-20-32)29-36(48(5,6)7)30-41(46)33-21-14-11-15-22-33/h10-17,19-31,49-50H,8-9,18H2,1-7H3. The summed E-state index contributed by atoms with van der Waals surface area (Å²) in [5, 5.41) is 10.3. The number of fused-ring (bicyclic) bond motifs is 3. The van der Waals surface area contributed by atoms with E-state index in [9.17, 15) is 0 Å². The van der Waals surface area contributed by atoms with E-state index >= 15 is 0 Å². The van der Waals surface area contributed by atoms with Crippen molar-refractivity contribution in [2.75, 3.05) is 10.6 Å². The van der Waals surface area contributed by atoms with Crippen LogP contribution in [0.25, 0.3) is 44.2 Å². The van der Waals surface area contributed by atoms with Gasteiger partial charge in [0.15, 0.2) is 0 Å². The molecule has 258 valence electrons. The lowest BCUT2D eigenvalue weighted by Crippen LogP contribution is -2.13. The van der Waals surface area contributed by atoms with Crippen LogP contribution in [0.3, 0.4) is 0 Å². The largest absolute Gasteiger partial charge is 0.456 e. The molecule has 0 radical (unpaired) electrons. The summed E-state index contributed by atoms with van der Waals surface area (Å²) in [5.74, 6) is 0. The quantitative estimate of drug-likeness (QED) is 0.160. The molecule has 51 heavy (non-hydrogen) atoms. The lowest BCUT2D eigenvalue weighted by atomic mass is 9.82.